The fourth-order valence-electron chi connectivity index (χ4n) is 3.24. The van der Waals surface area contributed by atoms with Crippen molar-refractivity contribution in [2.45, 2.75) is 56.9 Å². The highest BCUT2D eigenvalue weighted by molar-refractivity contribution is 7.89. The number of sulfonamides is 1. The third-order valence-corrected chi connectivity index (χ3v) is 6.24. The molecule has 1 amide bonds. The Morgan fingerprint density at radius 2 is 2.14 bits per heavy atom. The number of hydrogen-bond donors (Lipinski definition) is 1. The van der Waals surface area contributed by atoms with Gasteiger partial charge in [-0.15, -0.1) is 0 Å². The van der Waals surface area contributed by atoms with Crippen LogP contribution in [0.15, 0.2) is 17.0 Å². The monoisotopic (exact) mass is 322 g/mol. The number of aryl methyl sites for hydroxylation is 1. The quantitative estimate of drug-likeness (QED) is 0.924. The maximum Gasteiger partial charge on any atom is 0.240 e. The first-order chi connectivity index (χ1) is 10.3. The van der Waals surface area contributed by atoms with E-state index in [2.05, 4.69) is 4.72 Å². The van der Waals surface area contributed by atoms with Crippen molar-refractivity contribution in [2.24, 2.45) is 0 Å². The minimum atomic E-state index is -3.54. The third kappa shape index (κ3) is 2.34. The molecule has 1 aromatic carbocycles. The van der Waals surface area contributed by atoms with Gasteiger partial charge >= 0.3 is 0 Å². The molecule has 2 atom stereocenters. The first-order valence-corrected chi connectivity index (χ1v) is 9.34. The van der Waals surface area contributed by atoms with E-state index in [1.54, 1.807) is 12.1 Å². The predicted octanol–water partition coefficient (Wildman–Crippen LogP) is 2.16. The van der Waals surface area contributed by atoms with Gasteiger partial charge in [-0.3, -0.25) is 4.79 Å². The molecule has 0 saturated carbocycles. The van der Waals surface area contributed by atoms with Gasteiger partial charge in [0.1, 0.15) is 0 Å². The summed E-state index contributed by atoms with van der Waals surface area (Å²) in [6.07, 6.45) is 2.44. The van der Waals surface area contributed by atoms with E-state index in [0.717, 1.165) is 42.6 Å². The molecule has 0 bridgehead atoms. The van der Waals surface area contributed by atoms with Gasteiger partial charge < -0.3 is 4.90 Å². The largest absolute Gasteiger partial charge is 0.311 e. The summed E-state index contributed by atoms with van der Waals surface area (Å²) in [5.41, 5.74) is 2.78. The average molecular weight is 322 g/mol. The van der Waals surface area contributed by atoms with Crippen LogP contribution in [0, 0.1) is 0 Å². The summed E-state index contributed by atoms with van der Waals surface area (Å²) in [7, 11) is -3.54. The molecule has 0 aromatic heterocycles. The molecule has 0 spiro atoms. The number of carbonyl (C=O) groups is 1. The van der Waals surface area contributed by atoms with Gasteiger partial charge in [0.05, 0.1) is 16.5 Å². The lowest BCUT2D eigenvalue weighted by Crippen LogP contribution is -2.33. The summed E-state index contributed by atoms with van der Waals surface area (Å²) in [5.74, 6) is -0.175. The molecule has 120 valence electrons. The van der Waals surface area contributed by atoms with E-state index in [4.69, 9.17) is 0 Å². The van der Waals surface area contributed by atoms with Crippen molar-refractivity contribution in [2.75, 3.05) is 11.4 Å². The highest BCUT2D eigenvalue weighted by Gasteiger charge is 2.38. The average Bonchev–Trinajstić information content (AvgIpc) is 2.74. The van der Waals surface area contributed by atoms with Crippen molar-refractivity contribution in [3.05, 3.63) is 23.3 Å². The van der Waals surface area contributed by atoms with Crippen LogP contribution in [0.5, 0.6) is 0 Å². The van der Waals surface area contributed by atoms with Crippen LogP contribution in [0.2, 0.25) is 0 Å². The lowest BCUT2D eigenvalue weighted by atomic mass is 9.97. The molecule has 22 heavy (non-hydrogen) atoms. The van der Waals surface area contributed by atoms with E-state index in [0.29, 0.717) is 0 Å². The molecular formula is C16H22N2O3S. The van der Waals surface area contributed by atoms with Crippen LogP contribution in [0.3, 0.4) is 0 Å². The number of anilines is 1. The van der Waals surface area contributed by atoms with Gasteiger partial charge in [0.2, 0.25) is 15.9 Å². The van der Waals surface area contributed by atoms with Crippen molar-refractivity contribution in [1.29, 1.82) is 0 Å². The van der Waals surface area contributed by atoms with Crippen LogP contribution in [-0.4, -0.2) is 26.9 Å². The topological polar surface area (TPSA) is 66.5 Å². The highest BCUT2D eigenvalue weighted by Crippen LogP contribution is 2.43. The molecule has 0 radical (unpaired) electrons. The van der Waals surface area contributed by atoms with E-state index < -0.39 is 10.0 Å². The summed E-state index contributed by atoms with van der Waals surface area (Å²) in [5, 5.41) is 0. The smallest absolute Gasteiger partial charge is 0.240 e. The Balaban J connectivity index is 2.09. The molecule has 3 rings (SSSR count). The summed E-state index contributed by atoms with van der Waals surface area (Å²) in [6, 6.07) is 3.31. The Morgan fingerprint density at radius 1 is 1.41 bits per heavy atom. The zero-order valence-corrected chi connectivity index (χ0v) is 14.0. The molecule has 0 aliphatic carbocycles. The van der Waals surface area contributed by atoms with Crippen molar-refractivity contribution in [1.82, 2.24) is 4.72 Å². The second-order valence-corrected chi connectivity index (χ2v) is 7.98. The minimum Gasteiger partial charge on any atom is -0.311 e. The Kier molecular flexibility index (Phi) is 3.77. The van der Waals surface area contributed by atoms with E-state index >= 15 is 0 Å². The first-order valence-electron chi connectivity index (χ1n) is 7.85. The van der Waals surface area contributed by atoms with Gasteiger partial charge in [-0.05, 0) is 56.4 Å². The summed E-state index contributed by atoms with van der Waals surface area (Å²) >= 11 is 0. The van der Waals surface area contributed by atoms with Crippen LogP contribution < -0.4 is 9.62 Å². The third-order valence-electron chi connectivity index (χ3n) is 4.67. The van der Waals surface area contributed by atoms with E-state index in [1.165, 1.54) is 0 Å². The number of nitrogens with zero attached hydrogens (tertiary/aromatic N) is 1. The van der Waals surface area contributed by atoms with E-state index in [9.17, 15) is 13.2 Å². The summed E-state index contributed by atoms with van der Waals surface area (Å²) in [4.78, 5) is 14.4. The van der Waals surface area contributed by atoms with Crippen LogP contribution in [0.25, 0.3) is 0 Å². The molecule has 1 aromatic rings. The number of carbonyl (C=O) groups excluding carboxylic acids is 1. The second-order valence-electron chi connectivity index (χ2n) is 6.27. The second kappa shape index (κ2) is 5.35. The van der Waals surface area contributed by atoms with Gasteiger partial charge in [0.15, 0.2) is 0 Å². The molecule has 1 N–H and O–H groups in total. The van der Waals surface area contributed by atoms with Crippen LogP contribution in [-0.2, 0) is 21.2 Å². The number of amides is 1. The molecule has 0 fully saturated rings. The van der Waals surface area contributed by atoms with Crippen molar-refractivity contribution >= 4 is 21.6 Å². The molecule has 0 saturated heterocycles. The first kappa shape index (κ1) is 15.5. The molecule has 6 heteroatoms. The van der Waals surface area contributed by atoms with Crippen LogP contribution >= 0.6 is 0 Å². The van der Waals surface area contributed by atoms with Gasteiger partial charge in [-0.25, -0.2) is 13.1 Å². The number of hydrogen-bond acceptors (Lipinski definition) is 3. The van der Waals surface area contributed by atoms with Gasteiger partial charge in [-0.2, -0.15) is 0 Å². The van der Waals surface area contributed by atoms with Gasteiger partial charge in [-0.1, -0.05) is 6.92 Å². The molecule has 2 aliphatic rings. The van der Waals surface area contributed by atoms with Gasteiger partial charge in [0, 0.05) is 12.6 Å². The highest BCUT2D eigenvalue weighted by atomic mass is 32.2. The lowest BCUT2D eigenvalue weighted by Gasteiger charge is -2.26. The van der Waals surface area contributed by atoms with E-state index in [-0.39, 0.29) is 22.8 Å². The lowest BCUT2D eigenvalue weighted by molar-refractivity contribution is -0.119. The van der Waals surface area contributed by atoms with Crippen molar-refractivity contribution < 1.29 is 13.2 Å². The summed E-state index contributed by atoms with van der Waals surface area (Å²) in [6.45, 7) is 6.39. The number of nitrogens with one attached hydrogen (secondary N) is 1. The Morgan fingerprint density at radius 3 is 2.82 bits per heavy atom. The normalized spacial score (nSPS) is 21.9. The molecule has 2 heterocycles. The molecule has 0 unspecified atom stereocenters. The maximum atomic E-state index is 12.5. The Hall–Kier alpha value is -1.40. The van der Waals surface area contributed by atoms with Crippen molar-refractivity contribution in [3.8, 4) is 0 Å². The molecule has 5 nitrogen and oxygen atoms in total. The molecular weight excluding hydrogens is 300 g/mol. The number of benzene rings is 1. The Labute approximate surface area is 131 Å². The maximum absolute atomic E-state index is 12.5. The van der Waals surface area contributed by atoms with Crippen LogP contribution in [0.4, 0.5) is 5.69 Å². The fraction of sp³-hybridized carbons (Fsp3) is 0.562. The van der Waals surface area contributed by atoms with Crippen molar-refractivity contribution in [3.63, 3.8) is 0 Å². The zero-order valence-electron chi connectivity index (χ0n) is 13.2. The van der Waals surface area contributed by atoms with Gasteiger partial charge in [0.25, 0.3) is 0 Å². The van der Waals surface area contributed by atoms with E-state index in [1.807, 2.05) is 25.7 Å². The predicted molar refractivity (Wildman–Crippen MR) is 85.6 cm³/mol. The summed E-state index contributed by atoms with van der Waals surface area (Å²) < 4.78 is 27.8. The Bertz CT molecular complexity index is 727. The molecule has 2 aliphatic heterocycles. The fourth-order valence-corrected chi connectivity index (χ4v) is 4.65. The standard InChI is InChI=1S/C16H22N2O3S/c1-4-10(2)17-22(20,21)13-8-12-6-5-7-18-15(12)14(9-13)11(3)16(18)19/h8-11,17H,4-7H2,1-3H3/t10-,11+/m0/s1. The minimum absolute atomic E-state index is 0.0837. The SMILES string of the molecule is CC[C@H](C)NS(=O)(=O)c1cc2c3c(c1)[C@@H](C)C(=O)N3CCC2. The number of rotatable bonds is 4. The zero-order chi connectivity index (χ0) is 16.1. The van der Waals surface area contributed by atoms with Crippen LogP contribution in [0.1, 0.15) is 50.7 Å².